The van der Waals surface area contributed by atoms with Crippen LogP contribution in [0.2, 0.25) is 0 Å². The van der Waals surface area contributed by atoms with Gasteiger partial charge in [-0.25, -0.2) is 0 Å². The minimum atomic E-state index is -0.101. The number of hydrogen-bond acceptors (Lipinski definition) is 3. The first-order valence-corrected chi connectivity index (χ1v) is 7.91. The Balaban J connectivity index is 1.95. The van der Waals surface area contributed by atoms with Gasteiger partial charge in [0, 0.05) is 25.6 Å². The number of carbonyl (C=O) groups excluding carboxylic acids is 1. The number of amides is 1. The Labute approximate surface area is 122 Å². The van der Waals surface area contributed by atoms with E-state index < -0.39 is 0 Å². The van der Waals surface area contributed by atoms with Crippen molar-refractivity contribution in [1.29, 1.82) is 0 Å². The summed E-state index contributed by atoms with van der Waals surface area (Å²) in [6, 6.07) is 0.214. The molecule has 0 radical (unpaired) electrons. The highest BCUT2D eigenvalue weighted by Gasteiger charge is 2.45. The molecule has 116 valence electrons. The molecule has 2 fully saturated rings. The monoisotopic (exact) mass is 282 g/mol. The van der Waals surface area contributed by atoms with Crippen molar-refractivity contribution >= 4 is 5.91 Å². The van der Waals surface area contributed by atoms with Gasteiger partial charge in [-0.1, -0.05) is 20.8 Å². The number of hydrogen-bond donors (Lipinski definition) is 2. The summed E-state index contributed by atoms with van der Waals surface area (Å²) in [5.74, 6) is 0.607. The fraction of sp³-hybridized carbons (Fsp3) is 0.938. The summed E-state index contributed by atoms with van der Waals surface area (Å²) >= 11 is 0. The predicted octanol–water partition coefficient (Wildman–Crippen LogP) is 2.07. The number of methoxy groups -OCH3 is 1. The van der Waals surface area contributed by atoms with Crippen molar-refractivity contribution in [2.75, 3.05) is 13.7 Å². The summed E-state index contributed by atoms with van der Waals surface area (Å²) < 4.78 is 5.57. The summed E-state index contributed by atoms with van der Waals surface area (Å²) in [5, 5.41) is 3.13. The van der Waals surface area contributed by atoms with Gasteiger partial charge in [-0.05, 0) is 43.4 Å². The molecule has 3 unspecified atom stereocenters. The molecule has 0 bridgehead atoms. The number of nitrogens with one attached hydrogen (secondary N) is 1. The van der Waals surface area contributed by atoms with Crippen LogP contribution in [0.1, 0.15) is 52.9 Å². The first-order valence-electron chi connectivity index (χ1n) is 7.91. The second-order valence-corrected chi connectivity index (χ2v) is 7.36. The highest BCUT2D eigenvalue weighted by atomic mass is 16.5. The van der Waals surface area contributed by atoms with Gasteiger partial charge < -0.3 is 15.8 Å². The van der Waals surface area contributed by atoms with Crippen molar-refractivity contribution in [3.05, 3.63) is 0 Å². The average molecular weight is 282 g/mol. The van der Waals surface area contributed by atoms with Crippen LogP contribution in [0.5, 0.6) is 0 Å². The van der Waals surface area contributed by atoms with Crippen LogP contribution < -0.4 is 11.1 Å². The van der Waals surface area contributed by atoms with E-state index in [1.165, 1.54) is 6.42 Å². The molecule has 4 nitrogen and oxygen atoms in total. The smallest absolute Gasteiger partial charge is 0.223 e. The van der Waals surface area contributed by atoms with Crippen molar-refractivity contribution in [3.8, 4) is 0 Å². The van der Waals surface area contributed by atoms with Gasteiger partial charge in [0.15, 0.2) is 0 Å². The third kappa shape index (κ3) is 2.73. The Kier molecular flexibility index (Phi) is 4.45. The van der Waals surface area contributed by atoms with Crippen molar-refractivity contribution < 1.29 is 9.53 Å². The van der Waals surface area contributed by atoms with Gasteiger partial charge in [0.1, 0.15) is 0 Å². The molecular weight excluding hydrogens is 252 g/mol. The van der Waals surface area contributed by atoms with E-state index in [2.05, 4.69) is 26.1 Å². The Bertz CT molecular complexity index is 358. The SMILES string of the molecule is COC1(CNC(=O)C2CCC(N)C(C)C2(C)C)CCC1. The maximum Gasteiger partial charge on any atom is 0.223 e. The van der Waals surface area contributed by atoms with Gasteiger partial charge >= 0.3 is 0 Å². The molecule has 0 aromatic carbocycles. The van der Waals surface area contributed by atoms with E-state index in [1.54, 1.807) is 7.11 Å². The second-order valence-electron chi connectivity index (χ2n) is 7.36. The molecule has 0 aromatic rings. The van der Waals surface area contributed by atoms with E-state index in [0.29, 0.717) is 12.5 Å². The van der Waals surface area contributed by atoms with Crippen LogP contribution in [0, 0.1) is 17.3 Å². The fourth-order valence-corrected chi connectivity index (χ4v) is 3.71. The lowest BCUT2D eigenvalue weighted by molar-refractivity contribution is -0.135. The third-order valence-corrected chi connectivity index (χ3v) is 6.10. The topological polar surface area (TPSA) is 64.3 Å². The summed E-state index contributed by atoms with van der Waals surface area (Å²) in [6.45, 7) is 7.18. The van der Waals surface area contributed by atoms with E-state index in [9.17, 15) is 4.79 Å². The molecule has 3 N–H and O–H groups in total. The molecule has 0 spiro atoms. The Hall–Kier alpha value is -0.610. The lowest BCUT2D eigenvalue weighted by Gasteiger charge is -2.47. The molecule has 4 heteroatoms. The molecule has 0 heterocycles. The zero-order valence-electron chi connectivity index (χ0n) is 13.4. The van der Waals surface area contributed by atoms with E-state index in [4.69, 9.17) is 10.5 Å². The molecule has 2 aliphatic carbocycles. The molecule has 0 aliphatic heterocycles. The van der Waals surface area contributed by atoms with Crippen molar-refractivity contribution in [3.63, 3.8) is 0 Å². The molecule has 0 aromatic heterocycles. The van der Waals surface area contributed by atoms with Crippen LogP contribution in [0.15, 0.2) is 0 Å². The number of carbonyl (C=O) groups is 1. The first-order chi connectivity index (χ1) is 9.32. The molecule has 3 atom stereocenters. The quantitative estimate of drug-likeness (QED) is 0.829. The predicted molar refractivity (Wildman–Crippen MR) is 80.2 cm³/mol. The Morgan fingerprint density at radius 3 is 2.50 bits per heavy atom. The Morgan fingerprint density at radius 1 is 1.35 bits per heavy atom. The zero-order valence-corrected chi connectivity index (χ0v) is 13.4. The van der Waals surface area contributed by atoms with Crippen LogP contribution in [0.4, 0.5) is 0 Å². The van der Waals surface area contributed by atoms with Crippen LogP contribution in [0.25, 0.3) is 0 Å². The fourth-order valence-electron chi connectivity index (χ4n) is 3.71. The van der Waals surface area contributed by atoms with Gasteiger partial charge in [0.25, 0.3) is 0 Å². The lowest BCUT2D eigenvalue weighted by atomic mass is 9.61. The van der Waals surface area contributed by atoms with E-state index in [1.807, 2.05) is 0 Å². The number of nitrogens with two attached hydrogens (primary N) is 1. The normalized spacial score (nSPS) is 35.1. The maximum absolute atomic E-state index is 12.6. The number of rotatable bonds is 4. The highest BCUT2D eigenvalue weighted by Crippen LogP contribution is 2.44. The average Bonchev–Trinajstić information content (AvgIpc) is 2.35. The van der Waals surface area contributed by atoms with Crippen LogP contribution in [0.3, 0.4) is 0 Å². The van der Waals surface area contributed by atoms with Gasteiger partial charge in [-0.2, -0.15) is 0 Å². The first kappa shape index (κ1) is 15.8. The summed E-state index contributed by atoms with van der Waals surface area (Å²) in [7, 11) is 1.75. The molecule has 1 amide bonds. The third-order valence-electron chi connectivity index (χ3n) is 6.10. The van der Waals surface area contributed by atoms with Crippen molar-refractivity contribution in [1.82, 2.24) is 5.32 Å². The summed E-state index contributed by atoms with van der Waals surface area (Å²) in [4.78, 5) is 12.6. The van der Waals surface area contributed by atoms with Crippen molar-refractivity contribution in [2.24, 2.45) is 23.0 Å². The van der Waals surface area contributed by atoms with Gasteiger partial charge in [0.2, 0.25) is 5.91 Å². The standard InChI is InChI=1S/C16H30N2O2/c1-11-13(17)7-6-12(15(11,2)3)14(19)18-10-16(20-4)8-5-9-16/h11-13H,5-10,17H2,1-4H3,(H,18,19). The Morgan fingerprint density at radius 2 is 2.00 bits per heavy atom. The minimum absolute atomic E-state index is 0.0401. The van der Waals surface area contributed by atoms with Gasteiger partial charge in [0.05, 0.1) is 5.60 Å². The summed E-state index contributed by atoms with van der Waals surface area (Å²) in [6.07, 6.45) is 5.14. The summed E-state index contributed by atoms with van der Waals surface area (Å²) in [5.41, 5.74) is 6.02. The van der Waals surface area contributed by atoms with Crippen LogP contribution in [-0.4, -0.2) is 31.2 Å². The van der Waals surface area contributed by atoms with Gasteiger partial charge in [-0.3, -0.25) is 4.79 Å². The lowest BCUT2D eigenvalue weighted by Crippen LogP contribution is -2.55. The molecule has 2 saturated carbocycles. The highest BCUT2D eigenvalue weighted by molar-refractivity contribution is 5.79. The van der Waals surface area contributed by atoms with Crippen LogP contribution in [-0.2, 0) is 9.53 Å². The van der Waals surface area contributed by atoms with Crippen molar-refractivity contribution in [2.45, 2.75) is 64.5 Å². The largest absolute Gasteiger partial charge is 0.376 e. The zero-order chi connectivity index (χ0) is 15.0. The molecule has 20 heavy (non-hydrogen) atoms. The van der Waals surface area contributed by atoms with E-state index in [0.717, 1.165) is 25.7 Å². The van der Waals surface area contributed by atoms with Gasteiger partial charge in [-0.15, -0.1) is 0 Å². The van der Waals surface area contributed by atoms with E-state index >= 15 is 0 Å². The van der Waals surface area contributed by atoms with E-state index in [-0.39, 0.29) is 28.9 Å². The maximum atomic E-state index is 12.6. The van der Waals surface area contributed by atoms with Crippen LogP contribution >= 0.6 is 0 Å². The molecule has 0 saturated heterocycles. The minimum Gasteiger partial charge on any atom is -0.376 e. The molecule has 2 rings (SSSR count). The molecule has 2 aliphatic rings. The molecular formula is C16H30N2O2. The number of ether oxygens (including phenoxy) is 1. The second kappa shape index (κ2) is 5.64.